The molecule has 0 heterocycles. The van der Waals surface area contributed by atoms with Crippen LogP contribution in [0.5, 0.6) is 0 Å². The van der Waals surface area contributed by atoms with Crippen LogP contribution in [0.4, 0.5) is 5.69 Å². The maximum Gasteiger partial charge on any atom is 0.311 e. The van der Waals surface area contributed by atoms with Crippen molar-refractivity contribution in [2.75, 3.05) is 5.32 Å². The average molecular weight is 396 g/mol. The molecule has 6 nitrogen and oxygen atoms in total. The lowest BCUT2D eigenvalue weighted by atomic mass is 10.0. The molecule has 0 saturated carbocycles. The van der Waals surface area contributed by atoms with E-state index in [1.807, 2.05) is 30.3 Å². The highest BCUT2D eigenvalue weighted by molar-refractivity contribution is 5.88. The summed E-state index contributed by atoms with van der Waals surface area (Å²) in [4.78, 5) is 35.8. The first kappa shape index (κ1) is 22.1. The molecule has 2 atom stereocenters. The van der Waals surface area contributed by atoms with E-state index in [0.29, 0.717) is 5.69 Å². The monoisotopic (exact) mass is 396 g/mol. The number of nitrogens with one attached hydrogen (secondary N) is 2. The van der Waals surface area contributed by atoms with Gasteiger partial charge in [0.15, 0.2) is 6.10 Å². The maximum atomic E-state index is 12.5. The van der Waals surface area contributed by atoms with Crippen LogP contribution in [0.2, 0.25) is 0 Å². The highest BCUT2D eigenvalue weighted by atomic mass is 16.5. The molecule has 0 aliphatic rings. The molecular weight excluding hydrogens is 368 g/mol. The van der Waals surface area contributed by atoms with Gasteiger partial charge < -0.3 is 15.4 Å². The van der Waals surface area contributed by atoms with Crippen molar-refractivity contribution < 1.29 is 19.1 Å². The van der Waals surface area contributed by atoms with E-state index in [-0.39, 0.29) is 24.3 Å². The summed E-state index contributed by atoms with van der Waals surface area (Å²) >= 11 is 0. The van der Waals surface area contributed by atoms with Gasteiger partial charge in [-0.2, -0.15) is 0 Å². The molecule has 2 aromatic rings. The van der Waals surface area contributed by atoms with Crippen LogP contribution < -0.4 is 10.6 Å². The Labute approximate surface area is 171 Å². The second kappa shape index (κ2) is 11.0. The summed E-state index contributed by atoms with van der Waals surface area (Å²) in [5.41, 5.74) is 2.43. The lowest BCUT2D eigenvalue weighted by molar-refractivity contribution is -0.154. The van der Waals surface area contributed by atoms with E-state index in [2.05, 4.69) is 17.6 Å². The molecule has 0 aliphatic heterocycles. The first-order chi connectivity index (χ1) is 13.9. The fraction of sp³-hybridized carbons (Fsp3) is 0.348. The fourth-order valence-corrected chi connectivity index (χ4v) is 2.95. The molecule has 29 heavy (non-hydrogen) atoms. The summed E-state index contributed by atoms with van der Waals surface area (Å²) in [6.07, 6.45) is 0.887. The molecule has 0 saturated heterocycles. The van der Waals surface area contributed by atoms with Crippen LogP contribution in [0, 0.1) is 0 Å². The van der Waals surface area contributed by atoms with Crippen LogP contribution in [0.25, 0.3) is 0 Å². The van der Waals surface area contributed by atoms with Crippen molar-refractivity contribution in [3.63, 3.8) is 0 Å². The second-order valence-corrected chi connectivity index (χ2v) is 6.95. The highest BCUT2D eigenvalue weighted by Crippen LogP contribution is 2.18. The van der Waals surface area contributed by atoms with E-state index >= 15 is 0 Å². The fourth-order valence-electron chi connectivity index (χ4n) is 2.95. The molecule has 0 aromatic heterocycles. The van der Waals surface area contributed by atoms with E-state index < -0.39 is 12.1 Å². The molecule has 2 amide bonds. The summed E-state index contributed by atoms with van der Waals surface area (Å²) in [6, 6.07) is 16.6. The molecule has 2 N–H and O–H groups in total. The van der Waals surface area contributed by atoms with Crippen LogP contribution in [0.3, 0.4) is 0 Å². The molecule has 0 spiro atoms. The third-order valence-electron chi connectivity index (χ3n) is 4.40. The quantitative estimate of drug-likeness (QED) is 0.632. The molecule has 6 heteroatoms. The van der Waals surface area contributed by atoms with Gasteiger partial charge in [-0.1, -0.05) is 55.8 Å². The minimum Gasteiger partial charge on any atom is -0.452 e. The minimum absolute atomic E-state index is 0.0506. The molecule has 154 valence electrons. The van der Waals surface area contributed by atoms with Crippen LogP contribution in [-0.4, -0.2) is 23.9 Å². The number of anilines is 1. The van der Waals surface area contributed by atoms with Gasteiger partial charge in [-0.3, -0.25) is 14.4 Å². The lowest BCUT2D eigenvalue weighted by Gasteiger charge is -2.21. The van der Waals surface area contributed by atoms with E-state index in [1.54, 1.807) is 31.2 Å². The highest BCUT2D eigenvalue weighted by Gasteiger charge is 2.21. The number of rotatable bonds is 9. The number of carbonyl (C=O) groups is 3. The van der Waals surface area contributed by atoms with Gasteiger partial charge in [0, 0.05) is 12.6 Å². The van der Waals surface area contributed by atoms with Crippen molar-refractivity contribution in [1.82, 2.24) is 5.32 Å². The summed E-state index contributed by atoms with van der Waals surface area (Å²) in [7, 11) is 0. The Hall–Kier alpha value is -3.15. The Kier molecular flexibility index (Phi) is 8.40. The smallest absolute Gasteiger partial charge is 0.311 e. The topological polar surface area (TPSA) is 84.5 Å². The molecule has 0 aliphatic carbocycles. The number of ether oxygens (including phenoxy) is 1. The van der Waals surface area contributed by atoms with Crippen molar-refractivity contribution in [2.45, 2.75) is 52.2 Å². The SMILES string of the molecule is CCC[C@H](NC(=O)[C@@H](C)OC(=O)Cc1ccc(NC(C)=O)cc1)c1ccccc1. The first-order valence-corrected chi connectivity index (χ1v) is 9.80. The van der Waals surface area contributed by atoms with Gasteiger partial charge in [0.2, 0.25) is 5.91 Å². The Morgan fingerprint density at radius 2 is 1.66 bits per heavy atom. The number of hydrogen-bond donors (Lipinski definition) is 2. The van der Waals surface area contributed by atoms with Gasteiger partial charge in [0.25, 0.3) is 5.91 Å². The Morgan fingerprint density at radius 3 is 2.24 bits per heavy atom. The standard InChI is InChI=1S/C23H28N2O4/c1-4-8-21(19-9-6-5-7-10-19)25-23(28)16(2)29-22(27)15-18-11-13-20(14-12-18)24-17(3)26/h5-7,9-14,16,21H,4,8,15H2,1-3H3,(H,24,26)(H,25,28)/t16-,21+/m1/s1. The maximum absolute atomic E-state index is 12.5. The van der Waals surface area contributed by atoms with Gasteiger partial charge in [0.05, 0.1) is 12.5 Å². The number of esters is 1. The minimum atomic E-state index is -0.885. The molecule has 0 unspecified atom stereocenters. The van der Waals surface area contributed by atoms with Gasteiger partial charge in [-0.05, 0) is 36.6 Å². The third kappa shape index (κ3) is 7.41. The largest absolute Gasteiger partial charge is 0.452 e. The van der Waals surface area contributed by atoms with Gasteiger partial charge in [-0.15, -0.1) is 0 Å². The molecule has 2 aromatic carbocycles. The Morgan fingerprint density at radius 1 is 1.00 bits per heavy atom. The van der Waals surface area contributed by atoms with Crippen molar-refractivity contribution in [3.8, 4) is 0 Å². The zero-order valence-corrected chi connectivity index (χ0v) is 17.1. The van der Waals surface area contributed by atoms with E-state index in [1.165, 1.54) is 6.92 Å². The third-order valence-corrected chi connectivity index (χ3v) is 4.40. The van der Waals surface area contributed by atoms with E-state index in [4.69, 9.17) is 4.74 Å². The van der Waals surface area contributed by atoms with Crippen molar-refractivity contribution in [3.05, 3.63) is 65.7 Å². The zero-order valence-electron chi connectivity index (χ0n) is 17.1. The first-order valence-electron chi connectivity index (χ1n) is 9.80. The average Bonchev–Trinajstić information content (AvgIpc) is 2.69. The number of benzene rings is 2. The Balaban J connectivity index is 1.89. The van der Waals surface area contributed by atoms with Gasteiger partial charge in [0.1, 0.15) is 0 Å². The molecule has 2 rings (SSSR count). The molecular formula is C23H28N2O4. The van der Waals surface area contributed by atoms with Gasteiger partial charge >= 0.3 is 5.97 Å². The lowest BCUT2D eigenvalue weighted by Crippen LogP contribution is -2.38. The summed E-state index contributed by atoms with van der Waals surface area (Å²) in [6.45, 7) is 5.06. The number of hydrogen-bond acceptors (Lipinski definition) is 4. The summed E-state index contributed by atoms with van der Waals surface area (Å²) in [5, 5.41) is 5.64. The Bertz CT molecular complexity index is 819. The molecule has 0 bridgehead atoms. The van der Waals surface area contributed by atoms with Crippen LogP contribution >= 0.6 is 0 Å². The van der Waals surface area contributed by atoms with Gasteiger partial charge in [-0.25, -0.2) is 0 Å². The zero-order chi connectivity index (χ0) is 21.2. The van der Waals surface area contributed by atoms with Crippen molar-refractivity contribution >= 4 is 23.5 Å². The summed E-state index contributed by atoms with van der Waals surface area (Å²) in [5.74, 6) is -0.956. The van der Waals surface area contributed by atoms with E-state index in [0.717, 1.165) is 24.0 Å². The number of carbonyl (C=O) groups excluding carboxylic acids is 3. The predicted molar refractivity (Wildman–Crippen MR) is 112 cm³/mol. The van der Waals surface area contributed by atoms with E-state index in [9.17, 15) is 14.4 Å². The van der Waals surface area contributed by atoms with Crippen LogP contribution in [0.15, 0.2) is 54.6 Å². The predicted octanol–water partition coefficient (Wildman–Crippen LogP) is 3.78. The van der Waals surface area contributed by atoms with Crippen molar-refractivity contribution in [2.24, 2.45) is 0 Å². The molecule has 0 fully saturated rings. The van der Waals surface area contributed by atoms with Crippen molar-refractivity contribution in [1.29, 1.82) is 0 Å². The normalized spacial score (nSPS) is 12.5. The van der Waals surface area contributed by atoms with Crippen LogP contribution in [-0.2, 0) is 25.5 Å². The van der Waals surface area contributed by atoms with Crippen LogP contribution in [0.1, 0.15) is 50.8 Å². The molecule has 0 radical (unpaired) electrons. The second-order valence-electron chi connectivity index (χ2n) is 6.95. The summed E-state index contributed by atoms with van der Waals surface area (Å²) < 4.78 is 5.31. The number of amides is 2.